The van der Waals surface area contributed by atoms with Gasteiger partial charge in [0.15, 0.2) is 0 Å². The van der Waals surface area contributed by atoms with Crippen molar-refractivity contribution in [1.29, 1.82) is 0 Å². The van der Waals surface area contributed by atoms with Crippen LogP contribution >= 0.6 is 11.3 Å². The van der Waals surface area contributed by atoms with Crippen LogP contribution in [0.3, 0.4) is 0 Å². The van der Waals surface area contributed by atoms with E-state index in [1.165, 1.54) is 23.9 Å². The van der Waals surface area contributed by atoms with Crippen LogP contribution in [0, 0.1) is 6.92 Å². The minimum absolute atomic E-state index is 0.280. The van der Waals surface area contributed by atoms with Gasteiger partial charge in [-0.3, -0.25) is 0 Å². The van der Waals surface area contributed by atoms with Crippen LogP contribution < -0.4 is 0 Å². The molecule has 0 saturated carbocycles. The average Bonchev–Trinajstić information content (AvgIpc) is 2.74. The van der Waals surface area contributed by atoms with E-state index < -0.39 is 11.7 Å². The van der Waals surface area contributed by atoms with Gasteiger partial charge in [0.25, 0.3) is 0 Å². The molecule has 0 spiro atoms. The van der Waals surface area contributed by atoms with E-state index in [1.807, 2.05) is 0 Å². The monoisotopic (exact) mass is 247 g/mol. The standard InChI is InChI=1S/C9H8F3N3S/c1-6-8(9(10,11)12)4-7(16-6)5-15-3-2-13-14-15/h2-4H,5H2,1H3. The highest BCUT2D eigenvalue weighted by atomic mass is 32.1. The van der Waals surface area contributed by atoms with Crippen LogP contribution in [0.2, 0.25) is 0 Å². The van der Waals surface area contributed by atoms with Gasteiger partial charge in [-0.05, 0) is 13.0 Å². The molecule has 0 saturated heterocycles. The predicted molar refractivity (Wildman–Crippen MR) is 53.2 cm³/mol. The van der Waals surface area contributed by atoms with Crippen molar-refractivity contribution in [3.8, 4) is 0 Å². The highest BCUT2D eigenvalue weighted by molar-refractivity contribution is 7.12. The zero-order chi connectivity index (χ0) is 11.8. The minimum atomic E-state index is -4.28. The average molecular weight is 247 g/mol. The molecule has 0 unspecified atom stereocenters. The lowest BCUT2D eigenvalue weighted by atomic mass is 10.2. The Morgan fingerprint density at radius 1 is 1.44 bits per heavy atom. The van der Waals surface area contributed by atoms with Crippen LogP contribution in [-0.2, 0) is 12.7 Å². The molecule has 2 aromatic heterocycles. The van der Waals surface area contributed by atoms with Crippen molar-refractivity contribution >= 4 is 11.3 Å². The third kappa shape index (κ3) is 2.24. The van der Waals surface area contributed by atoms with E-state index in [2.05, 4.69) is 10.3 Å². The van der Waals surface area contributed by atoms with Gasteiger partial charge in [-0.25, -0.2) is 4.68 Å². The van der Waals surface area contributed by atoms with E-state index >= 15 is 0 Å². The molecule has 0 fully saturated rings. The molecule has 0 aliphatic rings. The van der Waals surface area contributed by atoms with Crippen LogP contribution in [0.5, 0.6) is 0 Å². The third-order valence-electron chi connectivity index (χ3n) is 2.06. The Balaban J connectivity index is 2.25. The van der Waals surface area contributed by atoms with Crippen LogP contribution in [0.25, 0.3) is 0 Å². The van der Waals surface area contributed by atoms with E-state index in [-0.39, 0.29) is 4.88 Å². The van der Waals surface area contributed by atoms with Gasteiger partial charge in [0.2, 0.25) is 0 Å². The van der Waals surface area contributed by atoms with Crippen LogP contribution in [0.1, 0.15) is 15.3 Å². The van der Waals surface area contributed by atoms with E-state index in [9.17, 15) is 13.2 Å². The summed E-state index contributed by atoms with van der Waals surface area (Å²) in [5, 5.41) is 7.30. The molecule has 2 heterocycles. The fraction of sp³-hybridized carbons (Fsp3) is 0.333. The van der Waals surface area contributed by atoms with E-state index in [0.29, 0.717) is 11.4 Å². The number of aryl methyl sites for hydroxylation is 1. The van der Waals surface area contributed by atoms with Crippen LogP contribution in [0.4, 0.5) is 13.2 Å². The Hall–Kier alpha value is -1.37. The summed E-state index contributed by atoms with van der Waals surface area (Å²) in [7, 11) is 0. The predicted octanol–water partition coefficient (Wildman–Crippen LogP) is 2.72. The number of alkyl halides is 3. The first-order valence-corrected chi connectivity index (χ1v) is 5.29. The van der Waals surface area contributed by atoms with E-state index in [1.54, 1.807) is 6.20 Å². The minimum Gasteiger partial charge on any atom is -0.247 e. The number of halogens is 3. The van der Waals surface area contributed by atoms with Crippen molar-refractivity contribution < 1.29 is 13.2 Å². The molecular formula is C9H8F3N3S. The summed E-state index contributed by atoms with van der Waals surface area (Å²) in [6, 6.07) is 1.17. The van der Waals surface area contributed by atoms with Gasteiger partial charge in [-0.2, -0.15) is 13.2 Å². The largest absolute Gasteiger partial charge is 0.417 e. The highest BCUT2D eigenvalue weighted by Gasteiger charge is 2.33. The number of hydrogen-bond donors (Lipinski definition) is 0. The summed E-state index contributed by atoms with van der Waals surface area (Å²) in [5.74, 6) is 0. The number of nitrogens with zero attached hydrogens (tertiary/aromatic N) is 3. The number of aromatic nitrogens is 3. The smallest absolute Gasteiger partial charge is 0.247 e. The van der Waals surface area contributed by atoms with Gasteiger partial charge in [-0.15, -0.1) is 16.4 Å². The molecule has 0 aliphatic heterocycles. The fourth-order valence-electron chi connectivity index (χ4n) is 1.38. The molecule has 0 aromatic carbocycles. The number of thiophene rings is 1. The third-order valence-corrected chi connectivity index (χ3v) is 3.10. The Kier molecular flexibility index (Phi) is 2.71. The first kappa shape index (κ1) is 11.1. The second kappa shape index (κ2) is 3.89. The maximum absolute atomic E-state index is 12.5. The van der Waals surface area contributed by atoms with Crippen LogP contribution in [0.15, 0.2) is 18.5 Å². The molecule has 0 atom stereocenters. The van der Waals surface area contributed by atoms with Gasteiger partial charge < -0.3 is 0 Å². The lowest BCUT2D eigenvalue weighted by molar-refractivity contribution is -0.137. The first-order chi connectivity index (χ1) is 7.47. The summed E-state index contributed by atoms with van der Waals surface area (Å²) < 4.78 is 39.0. The molecule has 0 amide bonds. The maximum Gasteiger partial charge on any atom is 0.417 e. The second-order valence-corrected chi connectivity index (χ2v) is 4.62. The highest BCUT2D eigenvalue weighted by Crippen LogP contribution is 2.36. The normalized spacial score (nSPS) is 12.0. The maximum atomic E-state index is 12.5. The van der Waals surface area contributed by atoms with Crippen LogP contribution in [-0.4, -0.2) is 15.0 Å². The van der Waals surface area contributed by atoms with Crippen molar-refractivity contribution in [1.82, 2.24) is 15.0 Å². The molecule has 3 nitrogen and oxygen atoms in total. The summed E-state index contributed by atoms with van der Waals surface area (Å²) in [6.07, 6.45) is -1.17. The molecule has 0 bridgehead atoms. The van der Waals surface area contributed by atoms with Crippen molar-refractivity contribution in [3.63, 3.8) is 0 Å². The molecular weight excluding hydrogens is 239 g/mol. The SMILES string of the molecule is Cc1sc(Cn2ccnn2)cc1C(F)(F)F. The van der Waals surface area contributed by atoms with Crippen molar-refractivity contribution in [2.24, 2.45) is 0 Å². The molecule has 2 rings (SSSR count). The zero-order valence-corrected chi connectivity index (χ0v) is 9.14. The number of rotatable bonds is 2. The summed E-state index contributed by atoms with van der Waals surface area (Å²) >= 11 is 1.13. The van der Waals surface area contributed by atoms with Gasteiger partial charge in [0.1, 0.15) is 0 Å². The Morgan fingerprint density at radius 2 is 2.19 bits per heavy atom. The molecule has 2 aromatic rings. The topological polar surface area (TPSA) is 30.7 Å². The van der Waals surface area contributed by atoms with E-state index in [4.69, 9.17) is 0 Å². The molecule has 86 valence electrons. The van der Waals surface area contributed by atoms with Gasteiger partial charge >= 0.3 is 6.18 Å². The van der Waals surface area contributed by atoms with Gasteiger partial charge in [0, 0.05) is 16.0 Å². The zero-order valence-electron chi connectivity index (χ0n) is 8.32. The quantitative estimate of drug-likeness (QED) is 0.817. The molecule has 16 heavy (non-hydrogen) atoms. The Labute approximate surface area is 93.5 Å². The first-order valence-electron chi connectivity index (χ1n) is 4.47. The lowest BCUT2D eigenvalue weighted by Crippen LogP contribution is -2.04. The molecule has 0 radical (unpaired) electrons. The van der Waals surface area contributed by atoms with E-state index in [0.717, 1.165) is 11.3 Å². The fourth-order valence-corrected chi connectivity index (χ4v) is 2.43. The molecule has 0 N–H and O–H groups in total. The van der Waals surface area contributed by atoms with Gasteiger partial charge in [0.05, 0.1) is 18.3 Å². The molecule has 0 aliphatic carbocycles. The summed E-state index contributed by atoms with van der Waals surface area (Å²) in [4.78, 5) is 0.901. The summed E-state index contributed by atoms with van der Waals surface area (Å²) in [5.41, 5.74) is -0.562. The van der Waals surface area contributed by atoms with Crippen molar-refractivity contribution in [2.45, 2.75) is 19.6 Å². The number of hydrogen-bond acceptors (Lipinski definition) is 3. The Morgan fingerprint density at radius 3 is 2.69 bits per heavy atom. The van der Waals surface area contributed by atoms with Crippen molar-refractivity contribution in [3.05, 3.63) is 33.8 Å². The van der Waals surface area contributed by atoms with Gasteiger partial charge in [-0.1, -0.05) is 5.21 Å². The lowest BCUT2D eigenvalue weighted by Gasteiger charge is -2.03. The second-order valence-electron chi connectivity index (χ2n) is 3.28. The van der Waals surface area contributed by atoms with Crippen molar-refractivity contribution in [2.75, 3.05) is 0 Å². The summed E-state index contributed by atoms with van der Waals surface area (Å²) in [6.45, 7) is 1.79. The Bertz CT molecular complexity index is 473. The molecule has 7 heteroatoms.